The van der Waals surface area contributed by atoms with Gasteiger partial charge in [0.15, 0.2) is 0 Å². The zero-order chi connectivity index (χ0) is 14.4. The minimum atomic E-state index is -3.47. The Morgan fingerprint density at radius 2 is 1.95 bits per heavy atom. The third-order valence-corrected chi connectivity index (χ3v) is 3.34. The SMILES string of the molecule is NS(=O)(=O)CCOCCOc1cccc2ncccc12. The van der Waals surface area contributed by atoms with Crippen LogP contribution < -0.4 is 9.88 Å². The van der Waals surface area contributed by atoms with E-state index in [0.29, 0.717) is 13.2 Å². The molecular weight excluding hydrogens is 280 g/mol. The Bertz CT molecular complexity index is 668. The first-order valence-corrected chi connectivity index (χ1v) is 7.82. The maximum atomic E-state index is 10.7. The summed E-state index contributed by atoms with van der Waals surface area (Å²) in [7, 11) is -3.47. The van der Waals surface area contributed by atoms with Gasteiger partial charge in [0.2, 0.25) is 10.0 Å². The van der Waals surface area contributed by atoms with Crippen molar-refractivity contribution in [2.75, 3.05) is 25.6 Å². The Labute approximate surface area is 117 Å². The number of primary sulfonamides is 1. The lowest BCUT2D eigenvalue weighted by molar-refractivity contribution is 0.112. The number of benzene rings is 1. The molecule has 2 rings (SSSR count). The number of rotatable bonds is 7. The molecule has 20 heavy (non-hydrogen) atoms. The fraction of sp³-hybridized carbons (Fsp3) is 0.308. The third kappa shape index (κ3) is 4.44. The highest BCUT2D eigenvalue weighted by atomic mass is 32.2. The minimum Gasteiger partial charge on any atom is -0.490 e. The van der Waals surface area contributed by atoms with Crippen molar-refractivity contribution in [2.24, 2.45) is 5.14 Å². The van der Waals surface area contributed by atoms with Gasteiger partial charge in [0, 0.05) is 11.6 Å². The standard InChI is InChI=1S/C13H16N2O4S/c14-20(16,17)10-9-18-7-8-19-13-5-1-4-12-11(13)3-2-6-15-12/h1-6H,7-10H2,(H2,14,16,17). The van der Waals surface area contributed by atoms with Crippen molar-refractivity contribution in [3.63, 3.8) is 0 Å². The Hall–Kier alpha value is -1.70. The molecule has 0 saturated heterocycles. The molecule has 0 aliphatic heterocycles. The van der Waals surface area contributed by atoms with Crippen molar-refractivity contribution in [2.45, 2.75) is 0 Å². The number of fused-ring (bicyclic) bond motifs is 1. The first kappa shape index (κ1) is 14.7. The predicted octanol–water partition coefficient (Wildman–Crippen LogP) is 0.919. The molecular formula is C13H16N2O4S. The smallest absolute Gasteiger partial charge is 0.211 e. The number of hydrogen-bond acceptors (Lipinski definition) is 5. The van der Waals surface area contributed by atoms with Gasteiger partial charge in [-0.2, -0.15) is 0 Å². The summed E-state index contributed by atoms with van der Waals surface area (Å²) in [6, 6.07) is 9.41. The van der Waals surface area contributed by atoms with E-state index < -0.39 is 10.0 Å². The van der Waals surface area contributed by atoms with E-state index in [9.17, 15) is 8.42 Å². The van der Waals surface area contributed by atoms with Crippen LogP contribution in [-0.2, 0) is 14.8 Å². The molecule has 0 atom stereocenters. The molecule has 108 valence electrons. The summed E-state index contributed by atoms with van der Waals surface area (Å²) in [6.07, 6.45) is 1.72. The number of sulfonamides is 1. The molecule has 0 saturated carbocycles. The van der Waals surface area contributed by atoms with E-state index in [-0.39, 0.29) is 12.4 Å². The van der Waals surface area contributed by atoms with Crippen LogP contribution in [0.4, 0.5) is 0 Å². The van der Waals surface area contributed by atoms with Gasteiger partial charge in [-0.05, 0) is 24.3 Å². The van der Waals surface area contributed by atoms with Crippen LogP contribution in [0.1, 0.15) is 0 Å². The van der Waals surface area contributed by atoms with Crippen molar-refractivity contribution >= 4 is 20.9 Å². The molecule has 0 radical (unpaired) electrons. The van der Waals surface area contributed by atoms with Crippen LogP contribution in [0.2, 0.25) is 0 Å². The average Bonchev–Trinajstić information content (AvgIpc) is 2.41. The van der Waals surface area contributed by atoms with Crippen LogP contribution in [0.3, 0.4) is 0 Å². The van der Waals surface area contributed by atoms with Gasteiger partial charge in [0.25, 0.3) is 0 Å². The lowest BCUT2D eigenvalue weighted by atomic mass is 10.2. The lowest BCUT2D eigenvalue weighted by Crippen LogP contribution is -2.21. The highest BCUT2D eigenvalue weighted by molar-refractivity contribution is 7.89. The van der Waals surface area contributed by atoms with E-state index in [0.717, 1.165) is 16.7 Å². The van der Waals surface area contributed by atoms with Crippen molar-refractivity contribution in [3.8, 4) is 5.75 Å². The fourth-order valence-electron chi connectivity index (χ4n) is 1.69. The van der Waals surface area contributed by atoms with E-state index in [2.05, 4.69) is 4.98 Å². The van der Waals surface area contributed by atoms with Crippen LogP contribution in [0, 0.1) is 0 Å². The third-order valence-electron chi connectivity index (χ3n) is 2.60. The molecule has 1 aromatic carbocycles. The van der Waals surface area contributed by atoms with Gasteiger partial charge in [0.1, 0.15) is 12.4 Å². The second kappa shape index (κ2) is 6.65. The van der Waals surface area contributed by atoms with Crippen LogP contribution in [0.5, 0.6) is 5.75 Å². The molecule has 1 aromatic heterocycles. The minimum absolute atomic E-state index is 0.0687. The van der Waals surface area contributed by atoms with Gasteiger partial charge < -0.3 is 9.47 Å². The Morgan fingerprint density at radius 1 is 1.10 bits per heavy atom. The fourth-order valence-corrected chi connectivity index (χ4v) is 2.04. The zero-order valence-electron chi connectivity index (χ0n) is 10.9. The Balaban J connectivity index is 1.82. The molecule has 7 heteroatoms. The molecule has 0 bridgehead atoms. The first-order chi connectivity index (χ1) is 9.56. The second-order valence-electron chi connectivity index (χ2n) is 4.15. The second-order valence-corrected chi connectivity index (χ2v) is 5.89. The van der Waals surface area contributed by atoms with E-state index in [1.165, 1.54) is 0 Å². The summed E-state index contributed by atoms with van der Waals surface area (Å²) < 4.78 is 32.1. The largest absolute Gasteiger partial charge is 0.490 e. The van der Waals surface area contributed by atoms with Crippen LogP contribution in [0.25, 0.3) is 10.9 Å². The quantitative estimate of drug-likeness (QED) is 0.767. The van der Waals surface area contributed by atoms with Crippen LogP contribution >= 0.6 is 0 Å². The van der Waals surface area contributed by atoms with Crippen molar-refractivity contribution in [1.29, 1.82) is 0 Å². The summed E-state index contributed by atoms with van der Waals surface area (Å²) >= 11 is 0. The summed E-state index contributed by atoms with van der Waals surface area (Å²) in [5.74, 6) is 0.538. The molecule has 6 nitrogen and oxygen atoms in total. The Kier molecular flexibility index (Phi) is 4.89. The van der Waals surface area contributed by atoms with Crippen LogP contribution in [0.15, 0.2) is 36.5 Å². The van der Waals surface area contributed by atoms with Crippen LogP contribution in [-0.4, -0.2) is 39.0 Å². The van der Waals surface area contributed by atoms with Crippen molar-refractivity contribution in [3.05, 3.63) is 36.5 Å². The molecule has 1 heterocycles. The molecule has 2 aromatic rings. The van der Waals surface area contributed by atoms with Crippen molar-refractivity contribution in [1.82, 2.24) is 4.98 Å². The number of aromatic nitrogens is 1. The van der Waals surface area contributed by atoms with Gasteiger partial charge in [0.05, 0.1) is 24.5 Å². The maximum Gasteiger partial charge on any atom is 0.211 e. The lowest BCUT2D eigenvalue weighted by Gasteiger charge is -2.09. The molecule has 0 amide bonds. The van der Waals surface area contributed by atoms with Crippen molar-refractivity contribution < 1.29 is 17.9 Å². The van der Waals surface area contributed by atoms with Gasteiger partial charge in [-0.25, -0.2) is 13.6 Å². The number of hydrogen-bond donors (Lipinski definition) is 1. The van der Waals surface area contributed by atoms with Gasteiger partial charge in [-0.1, -0.05) is 6.07 Å². The molecule has 0 unspecified atom stereocenters. The maximum absolute atomic E-state index is 10.7. The van der Waals surface area contributed by atoms with Gasteiger partial charge in [-0.15, -0.1) is 0 Å². The topological polar surface area (TPSA) is 91.5 Å². The normalized spacial score (nSPS) is 11.7. The summed E-state index contributed by atoms with van der Waals surface area (Å²) in [6.45, 7) is 0.698. The predicted molar refractivity (Wildman–Crippen MR) is 76.0 cm³/mol. The number of nitrogens with zero attached hydrogens (tertiary/aromatic N) is 1. The zero-order valence-corrected chi connectivity index (χ0v) is 11.7. The Morgan fingerprint density at radius 3 is 2.75 bits per heavy atom. The van der Waals surface area contributed by atoms with E-state index >= 15 is 0 Å². The number of nitrogens with two attached hydrogens (primary N) is 1. The highest BCUT2D eigenvalue weighted by Gasteiger charge is 2.03. The van der Waals surface area contributed by atoms with E-state index in [4.69, 9.17) is 14.6 Å². The monoisotopic (exact) mass is 296 g/mol. The molecule has 0 aliphatic carbocycles. The van der Waals surface area contributed by atoms with Gasteiger partial charge in [-0.3, -0.25) is 4.98 Å². The van der Waals surface area contributed by atoms with E-state index in [1.807, 2.05) is 30.3 Å². The molecule has 0 spiro atoms. The number of ether oxygens (including phenoxy) is 2. The highest BCUT2D eigenvalue weighted by Crippen LogP contribution is 2.23. The molecule has 0 aliphatic rings. The summed E-state index contributed by atoms with van der Waals surface area (Å²) in [5, 5.41) is 5.79. The molecule has 0 fully saturated rings. The summed E-state index contributed by atoms with van der Waals surface area (Å²) in [4.78, 5) is 4.23. The molecule has 2 N–H and O–H groups in total. The van der Waals surface area contributed by atoms with Gasteiger partial charge >= 0.3 is 0 Å². The average molecular weight is 296 g/mol. The summed E-state index contributed by atoms with van der Waals surface area (Å²) in [5.41, 5.74) is 0.861. The number of pyridine rings is 1. The first-order valence-electron chi connectivity index (χ1n) is 6.11. The van der Waals surface area contributed by atoms with E-state index in [1.54, 1.807) is 6.20 Å².